The second-order valence-electron chi connectivity index (χ2n) is 8.61. The fourth-order valence-electron chi connectivity index (χ4n) is 4.15. The fourth-order valence-corrected chi connectivity index (χ4v) is 4.15. The van der Waals surface area contributed by atoms with Crippen LogP contribution in [0.2, 0.25) is 0 Å². The molecule has 4 fully saturated rings. The zero-order chi connectivity index (χ0) is 19.4. The molecule has 4 heterocycles. The number of carbonyl (C=O) groups excluding carboxylic acids is 1. The number of rotatable bonds is 2. The van der Waals surface area contributed by atoms with Crippen LogP contribution in [0.5, 0.6) is 0 Å². The Morgan fingerprint density at radius 1 is 1.00 bits per heavy atom. The average Bonchev–Trinajstić information content (AvgIpc) is 3.07. The van der Waals surface area contributed by atoms with Crippen LogP contribution in [0.4, 0.5) is 4.79 Å². The predicted molar refractivity (Wildman–Crippen MR) is 92.7 cm³/mol. The molecule has 0 unspecified atom stereocenters. The van der Waals surface area contributed by atoms with E-state index in [0.29, 0.717) is 13.1 Å². The Morgan fingerprint density at radius 2 is 1.59 bits per heavy atom. The van der Waals surface area contributed by atoms with Gasteiger partial charge in [-0.25, -0.2) is 4.79 Å². The lowest BCUT2D eigenvalue weighted by Gasteiger charge is -2.37. The Morgan fingerprint density at radius 3 is 2.30 bits per heavy atom. The number of likely N-dealkylation sites (tertiary alicyclic amines) is 1. The van der Waals surface area contributed by atoms with E-state index in [-0.39, 0.29) is 30.9 Å². The Kier molecular flexibility index (Phi) is 4.89. The molecule has 0 saturated carbocycles. The van der Waals surface area contributed by atoms with Gasteiger partial charge in [-0.1, -0.05) is 0 Å². The minimum absolute atomic E-state index is 0.0645. The highest BCUT2D eigenvalue weighted by Crippen LogP contribution is 2.44. The van der Waals surface area contributed by atoms with Gasteiger partial charge < -0.3 is 39.1 Å². The third-order valence-electron chi connectivity index (χ3n) is 5.42. The third-order valence-corrected chi connectivity index (χ3v) is 5.42. The fraction of sp³-hybridized carbons (Fsp3) is 0.944. The number of hydrogen-bond donors (Lipinski definition) is 1. The summed E-state index contributed by atoms with van der Waals surface area (Å²) < 4.78 is 35.5. The van der Waals surface area contributed by atoms with Gasteiger partial charge >= 0.3 is 6.09 Å². The largest absolute Gasteiger partial charge is 0.447 e. The minimum atomic E-state index is -0.770. The van der Waals surface area contributed by atoms with Gasteiger partial charge in [-0.15, -0.1) is 0 Å². The van der Waals surface area contributed by atoms with Gasteiger partial charge in [0.25, 0.3) is 0 Å². The van der Waals surface area contributed by atoms with Crippen LogP contribution in [0.15, 0.2) is 0 Å². The molecule has 4 aliphatic heterocycles. The maximum Gasteiger partial charge on any atom is 0.409 e. The van der Waals surface area contributed by atoms with Crippen molar-refractivity contribution in [2.24, 2.45) is 5.73 Å². The molecule has 27 heavy (non-hydrogen) atoms. The molecule has 0 spiro atoms. The molecule has 2 N–H and O–H groups in total. The van der Waals surface area contributed by atoms with E-state index >= 15 is 0 Å². The normalized spacial score (nSPS) is 40.5. The molecular formula is C18H30N2O7. The van der Waals surface area contributed by atoms with Crippen molar-refractivity contribution in [3.8, 4) is 0 Å². The van der Waals surface area contributed by atoms with E-state index in [9.17, 15) is 4.79 Å². The van der Waals surface area contributed by atoms with Crippen molar-refractivity contribution in [1.29, 1.82) is 0 Å². The summed E-state index contributed by atoms with van der Waals surface area (Å²) in [4.78, 5) is 14.1. The lowest BCUT2D eigenvalue weighted by molar-refractivity contribution is -0.240. The lowest BCUT2D eigenvalue weighted by Crippen LogP contribution is -2.56. The molecule has 5 atom stereocenters. The van der Waals surface area contributed by atoms with Gasteiger partial charge in [-0.05, 0) is 40.5 Å². The van der Waals surface area contributed by atoms with Gasteiger partial charge in [0.2, 0.25) is 0 Å². The van der Waals surface area contributed by atoms with Crippen LogP contribution in [-0.2, 0) is 28.4 Å². The highest BCUT2D eigenvalue weighted by atomic mass is 16.9. The van der Waals surface area contributed by atoms with Gasteiger partial charge in [0.15, 0.2) is 17.9 Å². The van der Waals surface area contributed by atoms with Crippen molar-refractivity contribution in [2.45, 2.75) is 88.9 Å². The van der Waals surface area contributed by atoms with Crippen LogP contribution >= 0.6 is 0 Å². The summed E-state index contributed by atoms with van der Waals surface area (Å²) in [5.41, 5.74) is 5.89. The van der Waals surface area contributed by atoms with E-state index < -0.39 is 30.1 Å². The molecule has 9 heteroatoms. The Hall–Kier alpha value is -0.970. The van der Waals surface area contributed by atoms with Crippen molar-refractivity contribution in [1.82, 2.24) is 4.90 Å². The lowest BCUT2D eigenvalue weighted by atomic mass is 9.99. The number of amides is 1. The molecule has 0 radical (unpaired) electrons. The molecule has 9 nitrogen and oxygen atoms in total. The highest BCUT2D eigenvalue weighted by Gasteiger charge is 2.60. The van der Waals surface area contributed by atoms with Crippen LogP contribution in [0.3, 0.4) is 0 Å². The Labute approximate surface area is 159 Å². The molecular weight excluding hydrogens is 356 g/mol. The van der Waals surface area contributed by atoms with E-state index in [1.165, 1.54) is 0 Å². The number of carbonyl (C=O) groups is 1. The summed E-state index contributed by atoms with van der Waals surface area (Å²) in [6.07, 6.45) is -1.00. The third kappa shape index (κ3) is 3.94. The van der Waals surface area contributed by atoms with Crippen molar-refractivity contribution in [3.05, 3.63) is 0 Å². The summed E-state index contributed by atoms with van der Waals surface area (Å²) in [5, 5.41) is 0. The Bertz CT molecular complexity index is 576. The first-order valence-electron chi connectivity index (χ1n) is 9.68. The molecule has 4 aliphatic rings. The van der Waals surface area contributed by atoms with Crippen LogP contribution < -0.4 is 5.73 Å². The summed E-state index contributed by atoms with van der Waals surface area (Å²) in [6, 6.07) is 0.155. The van der Waals surface area contributed by atoms with Crippen LogP contribution in [0, 0.1) is 0 Å². The summed E-state index contributed by atoms with van der Waals surface area (Å²) in [6.45, 7) is 8.65. The average molecular weight is 386 g/mol. The van der Waals surface area contributed by atoms with Crippen molar-refractivity contribution in [2.75, 3.05) is 19.7 Å². The summed E-state index contributed by atoms with van der Waals surface area (Å²) >= 11 is 0. The number of nitrogens with zero attached hydrogens (tertiary/aromatic N) is 1. The van der Waals surface area contributed by atoms with Gasteiger partial charge in [0, 0.05) is 19.1 Å². The minimum Gasteiger partial charge on any atom is -0.447 e. The maximum atomic E-state index is 12.4. The van der Waals surface area contributed by atoms with E-state index in [1.807, 2.05) is 27.7 Å². The SMILES string of the molecule is CC1(C)O[C@H]2[C@@H](O1)[C@@H](COC(=O)N1CCC(N)CC1)O[C@@H]1OC(C)(C)O[C@@H]12. The molecule has 0 aliphatic carbocycles. The van der Waals surface area contributed by atoms with E-state index in [0.717, 1.165) is 12.8 Å². The van der Waals surface area contributed by atoms with Gasteiger partial charge in [-0.2, -0.15) is 0 Å². The second kappa shape index (κ2) is 6.82. The first-order valence-corrected chi connectivity index (χ1v) is 9.68. The van der Waals surface area contributed by atoms with Gasteiger partial charge in [-0.3, -0.25) is 0 Å². The smallest absolute Gasteiger partial charge is 0.409 e. The zero-order valence-corrected chi connectivity index (χ0v) is 16.4. The first kappa shape index (κ1) is 19.4. The summed E-state index contributed by atoms with van der Waals surface area (Å²) in [5.74, 6) is -1.54. The van der Waals surface area contributed by atoms with Crippen LogP contribution in [-0.4, -0.2) is 79.0 Å². The zero-order valence-electron chi connectivity index (χ0n) is 16.4. The Balaban J connectivity index is 1.41. The molecule has 4 saturated heterocycles. The van der Waals surface area contributed by atoms with Crippen LogP contribution in [0.1, 0.15) is 40.5 Å². The van der Waals surface area contributed by atoms with E-state index in [1.54, 1.807) is 4.90 Å². The predicted octanol–water partition coefficient (Wildman–Crippen LogP) is 0.943. The van der Waals surface area contributed by atoms with E-state index in [2.05, 4.69) is 0 Å². The highest BCUT2D eigenvalue weighted by molar-refractivity contribution is 5.67. The van der Waals surface area contributed by atoms with Crippen molar-refractivity contribution in [3.63, 3.8) is 0 Å². The van der Waals surface area contributed by atoms with Crippen molar-refractivity contribution < 1.29 is 33.2 Å². The molecule has 0 aromatic carbocycles. The number of nitrogens with two attached hydrogens (primary N) is 1. The first-order chi connectivity index (χ1) is 12.6. The maximum absolute atomic E-state index is 12.4. The summed E-state index contributed by atoms with van der Waals surface area (Å²) in [7, 11) is 0. The molecule has 0 bridgehead atoms. The molecule has 0 aromatic rings. The monoisotopic (exact) mass is 386 g/mol. The van der Waals surface area contributed by atoms with E-state index in [4.69, 9.17) is 34.2 Å². The van der Waals surface area contributed by atoms with Crippen molar-refractivity contribution >= 4 is 6.09 Å². The standard InChI is InChI=1S/C18H30N2O7/c1-17(2)24-12-11(9-22-16(21)20-7-5-10(19)6-8-20)23-15-14(13(12)25-17)26-18(3,4)27-15/h10-15H,5-9,19H2,1-4H3/t11-,12+,13+,14-,15-/m1/s1. The van der Waals surface area contributed by atoms with Gasteiger partial charge in [0.05, 0.1) is 0 Å². The number of hydrogen-bond acceptors (Lipinski definition) is 8. The molecule has 154 valence electrons. The second-order valence-corrected chi connectivity index (χ2v) is 8.61. The number of fused-ring (bicyclic) bond motifs is 3. The number of ether oxygens (including phenoxy) is 6. The molecule has 1 amide bonds. The molecule has 0 aromatic heterocycles. The van der Waals surface area contributed by atoms with Crippen LogP contribution in [0.25, 0.3) is 0 Å². The van der Waals surface area contributed by atoms with Gasteiger partial charge in [0.1, 0.15) is 31.0 Å². The topological polar surface area (TPSA) is 102 Å². The quantitative estimate of drug-likeness (QED) is 0.748. The molecule has 4 rings (SSSR count). The number of piperidine rings is 1.